The zero-order valence-corrected chi connectivity index (χ0v) is 6.12. The Kier molecular flexibility index (Phi) is 2.76. The molecule has 6 nitrogen and oxygen atoms in total. The van der Waals surface area contributed by atoms with Crippen LogP contribution in [-0.2, 0) is 9.53 Å². The van der Waals surface area contributed by atoms with Crippen LogP contribution in [0.2, 0.25) is 0 Å². The van der Waals surface area contributed by atoms with Crippen LogP contribution >= 0.6 is 0 Å². The SMILES string of the molecule is O=C1C(O)OC(CO)[C@@H](O)[C@@H]1O. The molecule has 2 unspecified atom stereocenters. The third-order valence-electron chi connectivity index (χ3n) is 1.72. The Balaban J connectivity index is 2.70. The highest BCUT2D eigenvalue weighted by atomic mass is 16.6. The summed E-state index contributed by atoms with van der Waals surface area (Å²) in [5.74, 6) is -0.993. The molecule has 0 saturated carbocycles. The summed E-state index contributed by atoms with van der Waals surface area (Å²) in [6.07, 6.45) is -6.05. The van der Waals surface area contributed by atoms with E-state index < -0.39 is 37.0 Å². The summed E-state index contributed by atoms with van der Waals surface area (Å²) in [6.45, 7) is -0.567. The lowest BCUT2D eigenvalue weighted by atomic mass is 10.0. The van der Waals surface area contributed by atoms with E-state index in [0.29, 0.717) is 0 Å². The second-order valence-corrected chi connectivity index (χ2v) is 2.55. The van der Waals surface area contributed by atoms with Crippen molar-refractivity contribution in [2.45, 2.75) is 24.6 Å². The quantitative estimate of drug-likeness (QED) is 0.340. The highest BCUT2D eigenvalue weighted by Gasteiger charge is 2.42. The van der Waals surface area contributed by atoms with Gasteiger partial charge in [-0.05, 0) is 0 Å². The van der Waals surface area contributed by atoms with Gasteiger partial charge in [-0.1, -0.05) is 0 Å². The Morgan fingerprint density at radius 2 is 1.92 bits per heavy atom. The van der Waals surface area contributed by atoms with E-state index in [9.17, 15) is 4.79 Å². The van der Waals surface area contributed by atoms with Crippen molar-refractivity contribution >= 4 is 5.78 Å². The Bertz CT molecular complexity index is 181. The lowest BCUT2D eigenvalue weighted by Gasteiger charge is -2.32. The minimum atomic E-state index is -1.76. The predicted molar refractivity (Wildman–Crippen MR) is 35.0 cm³/mol. The molecule has 12 heavy (non-hydrogen) atoms. The molecule has 1 heterocycles. The summed E-state index contributed by atoms with van der Waals surface area (Å²) < 4.78 is 4.48. The Hall–Kier alpha value is -0.530. The van der Waals surface area contributed by atoms with E-state index in [4.69, 9.17) is 20.4 Å². The predicted octanol–water partition coefficient (Wildman–Crippen LogP) is -3.01. The molecule has 70 valence electrons. The highest BCUT2D eigenvalue weighted by molar-refractivity contribution is 5.87. The number of rotatable bonds is 1. The molecule has 0 aliphatic carbocycles. The third kappa shape index (κ3) is 1.47. The van der Waals surface area contributed by atoms with Crippen LogP contribution in [0.1, 0.15) is 0 Å². The first kappa shape index (κ1) is 9.56. The largest absolute Gasteiger partial charge is 0.394 e. The second kappa shape index (κ2) is 3.46. The van der Waals surface area contributed by atoms with Crippen molar-refractivity contribution in [1.82, 2.24) is 0 Å². The maximum atomic E-state index is 10.7. The second-order valence-electron chi connectivity index (χ2n) is 2.55. The first-order valence-corrected chi connectivity index (χ1v) is 3.42. The average molecular weight is 178 g/mol. The number of carbonyl (C=O) groups is 1. The third-order valence-corrected chi connectivity index (χ3v) is 1.72. The maximum Gasteiger partial charge on any atom is 0.219 e. The minimum Gasteiger partial charge on any atom is -0.394 e. The zero-order valence-electron chi connectivity index (χ0n) is 6.12. The summed E-state index contributed by atoms with van der Waals surface area (Å²) in [5.41, 5.74) is 0. The number of Topliss-reactive ketones (excluding diaryl/α,β-unsaturated/α-hetero) is 1. The fourth-order valence-corrected chi connectivity index (χ4v) is 0.982. The molecule has 1 fully saturated rings. The van der Waals surface area contributed by atoms with E-state index in [2.05, 4.69) is 4.74 Å². The minimum absolute atomic E-state index is 0.567. The number of aliphatic hydroxyl groups excluding tert-OH is 4. The van der Waals surface area contributed by atoms with Gasteiger partial charge in [0.25, 0.3) is 0 Å². The van der Waals surface area contributed by atoms with Crippen LogP contribution < -0.4 is 0 Å². The van der Waals surface area contributed by atoms with Gasteiger partial charge in [0, 0.05) is 0 Å². The van der Waals surface area contributed by atoms with Crippen LogP contribution in [0.4, 0.5) is 0 Å². The number of hydrogen-bond donors (Lipinski definition) is 4. The van der Waals surface area contributed by atoms with E-state index in [-0.39, 0.29) is 0 Å². The maximum absolute atomic E-state index is 10.7. The van der Waals surface area contributed by atoms with Gasteiger partial charge in [-0.25, -0.2) is 0 Å². The highest BCUT2D eigenvalue weighted by Crippen LogP contribution is 2.15. The number of hydrogen-bond acceptors (Lipinski definition) is 6. The summed E-state index contributed by atoms with van der Waals surface area (Å²) in [5, 5.41) is 35.4. The van der Waals surface area contributed by atoms with Crippen molar-refractivity contribution in [3.63, 3.8) is 0 Å². The van der Waals surface area contributed by atoms with E-state index in [1.807, 2.05) is 0 Å². The molecule has 6 heteroatoms. The molecule has 1 aliphatic rings. The molecule has 0 aromatic carbocycles. The molecule has 0 spiro atoms. The van der Waals surface area contributed by atoms with Crippen molar-refractivity contribution in [3.05, 3.63) is 0 Å². The van der Waals surface area contributed by atoms with E-state index in [1.54, 1.807) is 0 Å². The van der Waals surface area contributed by atoms with Crippen LogP contribution in [0.5, 0.6) is 0 Å². The van der Waals surface area contributed by atoms with E-state index in [1.165, 1.54) is 0 Å². The lowest BCUT2D eigenvalue weighted by molar-refractivity contribution is -0.226. The monoisotopic (exact) mass is 178 g/mol. The van der Waals surface area contributed by atoms with Gasteiger partial charge in [0.1, 0.15) is 18.3 Å². The molecular weight excluding hydrogens is 168 g/mol. The summed E-state index contributed by atoms with van der Waals surface area (Å²) in [6, 6.07) is 0. The normalized spacial score (nSPS) is 43.2. The standard InChI is InChI=1S/C6H10O6/c7-1-2-3(8)4(9)5(10)6(11)12-2/h2-4,6-9,11H,1H2/t2?,3-,4+,6?/m1/s1. The van der Waals surface area contributed by atoms with Gasteiger partial charge in [-0.15, -0.1) is 0 Å². The summed E-state index contributed by atoms with van der Waals surface area (Å²) in [4.78, 5) is 10.7. The van der Waals surface area contributed by atoms with E-state index in [0.717, 1.165) is 0 Å². The molecule has 0 aromatic heterocycles. The number of ketones is 1. The Morgan fingerprint density at radius 1 is 1.33 bits per heavy atom. The summed E-state index contributed by atoms with van der Waals surface area (Å²) >= 11 is 0. The number of ether oxygens (including phenoxy) is 1. The topological polar surface area (TPSA) is 107 Å². The van der Waals surface area contributed by atoms with Crippen LogP contribution in [0.3, 0.4) is 0 Å². The number of carbonyl (C=O) groups excluding carboxylic acids is 1. The van der Waals surface area contributed by atoms with Gasteiger partial charge in [-0.3, -0.25) is 4.79 Å². The van der Waals surface area contributed by atoms with Crippen molar-refractivity contribution in [2.24, 2.45) is 0 Å². The molecule has 1 saturated heterocycles. The Morgan fingerprint density at radius 3 is 2.42 bits per heavy atom. The van der Waals surface area contributed by atoms with E-state index >= 15 is 0 Å². The molecule has 0 amide bonds. The molecule has 0 radical (unpaired) electrons. The molecule has 4 atom stereocenters. The van der Waals surface area contributed by atoms with Crippen molar-refractivity contribution in [1.29, 1.82) is 0 Å². The van der Waals surface area contributed by atoms with Gasteiger partial charge in [0.15, 0.2) is 0 Å². The van der Waals surface area contributed by atoms with Gasteiger partial charge >= 0.3 is 0 Å². The number of aliphatic hydroxyl groups is 4. The van der Waals surface area contributed by atoms with Crippen molar-refractivity contribution in [3.8, 4) is 0 Å². The average Bonchev–Trinajstić information content (AvgIpc) is 2.08. The molecule has 4 N–H and O–H groups in total. The smallest absolute Gasteiger partial charge is 0.219 e. The molecule has 1 aliphatic heterocycles. The fraction of sp³-hybridized carbons (Fsp3) is 0.833. The van der Waals surface area contributed by atoms with Crippen LogP contribution in [-0.4, -0.2) is 57.4 Å². The lowest BCUT2D eigenvalue weighted by Crippen LogP contribution is -2.56. The van der Waals surface area contributed by atoms with Gasteiger partial charge in [-0.2, -0.15) is 0 Å². The van der Waals surface area contributed by atoms with Gasteiger partial charge < -0.3 is 25.2 Å². The summed E-state index contributed by atoms with van der Waals surface area (Å²) in [7, 11) is 0. The molecule has 1 rings (SSSR count). The first-order valence-electron chi connectivity index (χ1n) is 3.42. The zero-order chi connectivity index (χ0) is 9.30. The van der Waals surface area contributed by atoms with Crippen LogP contribution in [0.15, 0.2) is 0 Å². The van der Waals surface area contributed by atoms with Crippen molar-refractivity contribution < 1.29 is 30.0 Å². The van der Waals surface area contributed by atoms with Gasteiger partial charge in [0.2, 0.25) is 12.1 Å². The van der Waals surface area contributed by atoms with Crippen LogP contribution in [0, 0.1) is 0 Å². The first-order chi connectivity index (χ1) is 5.57. The van der Waals surface area contributed by atoms with Crippen molar-refractivity contribution in [2.75, 3.05) is 6.61 Å². The molecule has 0 bridgehead atoms. The fourth-order valence-electron chi connectivity index (χ4n) is 0.982. The molecular formula is C6H10O6. The Labute approximate surface area is 68.0 Å². The molecule has 0 aromatic rings. The van der Waals surface area contributed by atoms with Crippen LogP contribution in [0.25, 0.3) is 0 Å². The van der Waals surface area contributed by atoms with Gasteiger partial charge in [0.05, 0.1) is 6.61 Å².